The second-order valence-corrected chi connectivity index (χ2v) is 5.10. The van der Waals surface area contributed by atoms with Crippen LogP contribution < -0.4 is 0 Å². The Morgan fingerprint density at radius 2 is 2.00 bits per heavy atom. The second-order valence-electron chi connectivity index (χ2n) is 3.50. The first-order valence-corrected chi connectivity index (χ1v) is 6.26. The van der Waals surface area contributed by atoms with Gasteiger partial charge in [0.15, 0.2) is 6.29 Å². The van der Waals surface area contributed by atoms with Crippen molar-refractivity contribution in [2.75, 3.05) is 12.9 Å². The zero-order chi connectivity index (χ0) is 12.5. The molecule has 0 bridgehead atoms. The lowest BCUT2D eigenvalue weighted by atomic mass is 10.1. The molecule has 96 valence electrons. The van der Waals surface area contributed by atoms with Crippen molar-refractivity contribution >= 4 is 10.1 Å². The average Bonchev–Trinajstić information content (AvgIpc) is 2.43. The van der Waals surface area contributed by atoms with Gasteiger partial charge in [-0.2, -0.15) is 8.42 Å². The number of hydrogen-bond donors (Lipinski definition) is 4. The molecule has 0 spiro atoms. The monoisotopic (exact) mass is 258 g/mol. The van der Waals surface area contributed by atoms with Crippen LogP contribution in [-0.2, 0) is 19.0 Å². The molecule has 0 aromatic heterocycles. The van der Waals surface area contributed by atoms with Gasteiger partial charge in [-0.1, -0.05) is 0 Å². The van der Waals surface area contributed by atoms with Crippen LogP contribution in [0.3, 0.4) is 0 Å². The fraction of sp³-hybridized carbons (Fsp3) is 1.00. The lowest BCUT2D eigenvalue weighted by Crippen LogP contribution is -2.43. The quantitative estimate of drug-likeness (QED) is 0.387. The summed E-state index contributed by atoms with van der Waals surface area (Å²) in [5, 5.41) is 36.5. The summed E-state index contributed by atoms with van der Waals surface area (Å²) >= 11 is 0. The van der Waals surface area contributed by atoms with Crippen molar-refractivity contribution in [1.29, 1.82) is 0 Å². The average molecular weight is 258 g/mol. The van der Waals surface area contributed by atoms with Crippen LogP contribution in [0.5, 0.6) is 0 Å². The molecule has 1 aliphatic rings. The highest BCUT2D eigenvalue weighted by molar-refractivity contribution is 7.86. The molecule has 16 heavy (non-hydrogen) atoms. The topological polar surface area (TPSA) is 134 Å². The molecule has 1 saturated heterocycles. The Morgan fingerprint density at radius 1 is 1.44 bits per heavy atom. The normalized spacial score (nSPS) is 37.6. The minimum atomic E-state index is -3.88. The van der Waals surface area contributed by atoms with Crippen LogP contribution >= 0.6 is 0 Å². The van der Waals surface area contributed by atoms with Gasteiger partial charge >= 0.3 is 0 Å². The number of hydrogen-bond acceptors (Lipinski definition) is 8. The maximum atomic E-state index is 10.9. The van der Waals surface area contributed by atoms with Gasteiger partial charge in [0.2, 0.25) is 0 Å². The maximum absolute atomic E-state index is 10.9. The Morgan fingerprint density at radius 3 is 2.44 bits per heavy atom. The Bertz CT molecular complexity index is 327. The van der Waals surface area contributed by atoms with Gasteiger partial charge < -0.3 is 25.2 Å². The van der Waals surface area contributed by atoms with E-state index in [0.29, 0.717) is 0 Å². The van der Waals surface area contributed by atoms with E-state index in [1.807, 2.05) is 0 Å². The molecule has 8 nitrogen and oxygen atoms in total. The van der Waals surface area contributed by atoms with Crippen molar-refractivity contribution < 1.29 is 37.8 Å². The van der Waals surface area contributed by atoms with Gasteiger partial charge in [-0.3, -0.25) is 4.18 Å². The number of ether oxygens (including phenoxy) is 1. The molecule has 0 radical (unpaired) electrons. The van der Waals surface area contributed by atoms with Gasteiger partial charge in [-0.25, -0.2) is 0 Å². The highest BCUT2D eigenvalue weighted by Gasteiger charge is 2.48. The lowest BCUT2D eigenvalue weighted by Gasteiger charge is -2.21. The van der Waals surface area contributed by atoms with Crippen LogP contribution in [0.4, 0.5) is 0 Å². The van der Waals surface area contributed by atoms with Crippen molar-refractivity contribution in [2.24, 2.45) is 0 Å². The summed E-state index contributed by atoms with van der Waals surface area (Å²) in [6.45, 7) is -0.715. The third kappa shape index (κ3) is 3.10. The van der Waals surface area contributed by atoms with Crippen LogP contribution in [0.2, 0.25) is 0 Å². The smallest absolute Gasteiger partial charge is 0.264 e. The Balaban J connectivity index is 2.83. The molecular formula is C7H14O8S. The first-order valence-electron chi connectivity index (χ1n) is 4.45. The number of aliphatic hydroxyl groups excluding tert-OH is 4. The van der Waals surface area contributed by atoms with Crippen molar-refractivity contribution in [3.05, 3.63) is 0 Å². The van der Waals surface area contributed by atoms with Crippen LogP contribution in [0.15, 0.2) is 0 Å². The highest BCUT2D eigenvalue weighted by Crippen LogP contribution is 2.26. The van der Waals surface area contributed by atoms with Gasteiger partial charge in [-0.05, 0) is 0 Å². The van der Waals surface area contributed by atoms with E-state index in [1.165, 1.54) is 0 Å². The summed E-state index contributed by atoms with van der Waals surface area (Å²) in [5.74, 6) is 0. The van der Waals surface area contributed by atoms with Gasteiger partial charge in [-0.15, -0.1) is 0 Å². The SMILES string of the molecule is CS(=O)(=O)O[C@@H]1[C@@H](O)[C@@H](O)O[C@@H]1[C@H](O)CO. The van der Waals surface area contributed by atoms with Crippen molar-refractivity contribution in [3.63, 3.8) is 0 Å². The van der Waals surface area contributed by atoms with Gasteiger partial charge in [0.25, 0.3) is 10.1 Å². The fourth-order valence-corrected chi connectivity index (χ4v) is 2.03. The zero-order valence-electron chi connectivity index (χ0n) is 8.42. The minimum absolute atomic E-state index is 0.715. The highest BCUT2D eigenvalue weighted by atomic mass is 32.2. The maximum Gasteiger partial charge on any atom is 0.264 e. The van der Waals surface area contributed by atoms with Crippen molar-refractivity contribution in [3.8, 4) is 0 Å². The number of aliphatic hydroxyl groups is 4. The van der Waals surface area contributed by atoms with Gasteiger partial charge in [0, 0.05) is 0 Å². The molecule has 4 N–H and O–H groups in total. The van der Waals surface area contributed by atoms with E-state index in [0.717, 1.165) is 6.26 Å². The van der Waals surface area contributed by atoms with E-state index in [1.54, 1.807) is 0 Å². The molecule has 1 aliphatic heterocycles. The third-order valence-corrected chi connectivity index (χ3v) is 2.67. The Labute approximate surface area is 92.2 Å². The standard InChI is InChI=1S/C7H14O8S/c1-16(12,13)15-6-4(10)7(11)14-5(6)3(9)2-8/h3-11H,2H2,1H3/t3-,4-,5-,6-,7+/m1/s1. The van der Waals surface area contributed by atoms with E-state index in [4.69, 9.17) is 14.9 Å². The summed E-state index contributed by atoms with van der Waals surface area (Å²) in [6.07, 6.45) is -6.75. The first kappa shape index (κ1) is 13.8. The second kappa shape index (κ2) is 4.92. The molecule has 9 heteroatoms. The Hall–Kier alpha value is -0.290. The minimum Gasteiger partial charge on any atom is -0.394 e. The van der Waals surface area contributed by atoms with Crippen LogP contribution in [-0.4, -0.2) is 72.4 Å². The molecule has 1 heterocycles. The molecule has 1 fully saturated rings. The molecule has 0 aromatic carbocycles. The Kier molecular flexibility index (Phi) is 4.23. The van der Waals surface area contributed by atoms with Crippen LogP contribution in [0.25, 0.3) is 0 Å². The molecule has 0 aromatic rings. The molecule has 0 amide bonds. The van der Waals surface area contributed by atoms with Crippen LogP contribution in [0.1, 0.15) is 0 Å². The van der Waals surface area contributed by atoms with Gasteiger partial charge in [0.05, 0.1) is 12.9 Å². The van der Waals surface area contributed by atoms with Crippen LogP contribution in [0, 0.1) is 0 Å². The molecule has 5 atom stereocenters. The summed E-state index contributed by atoms with van der Waals surface area (Å²) in [7, 11) is -3.88. The number of rotatable bonds is 4. The van der Waals surface area contributed by atoms with Crippen molar-refractivity contribution in [2.45, 2.75) is 30.7 Å². The third-order valence-electron chi connectivity index (χ3n) is 2.10. The van der Waals surface area contributed by atoms with Gasteiger partial charge in [0.1, 0.15) is 24.4 Å². The predicted molar refractivity (Wildman–Crippen MR) is 49.7 cm³/mol. The molecule has 0 aliphatic carbocycles. The molecule has 0 saturated carbocycles. The van der Waals surface area contributed by atoms with E-state index in [2.05, 4.69) is 4.18 Å². The fourth-order valence-electron chi connectivity index (χ4n) is 1.40. The van der Waals surface area contributed by atoms with E-state index >= 15 is 0 Å². The van der Waals surface area contributed by atoms with E-state index < -0.39 is 47.4 Å². The summed E-state index contributed by atoms with van der Waals surface area (Å²) in [5.41, 5.74) is 0. The molecule has 0 unspecified atom stereocenters. The lowest BCUT2D eigenvalue weighted by molar-refractivity contribution is -0.150. The summed E-state index contributed by atoms with van der Waals surface area (Å²) in [6, 6.07) is 0. The molecular weight excluding hydrogens is 244 g/mol. The van der Waals surface area contributed by atoms with Crippen molar-refractivity contribution in [1.82, 2.24) is 0 Å². The summed E-state index contributed by atoms with van der Waals surface area (Å²) < 4.78 is 30.9. The van der Waals surface area contributed by atoms with E-state index in [9.17, 15) is 18.6 Å². The zero-order valence-corrected chi connectivity index (χ0v) is 9.24. The predicted octanol–water partition coefficient (Wildman–Crippen LogP) is -3.24. The summed E-state index contributed by atoms with van der Waals surface area (Å²) in [4.78, 5) is 0. The van der Waals surface area contributed by atoms with E-state index in [-0.39, 0.29) is 0 Å². The first-order chi connectivity index (χ1) is 7.26. The largest absolute Gasteiger partial charge is 0.394 e. The molecule has 1 rings (SSSR count).